The molecule has 2 aromatic rings. The zero-order valence-electron chi connectivity index (χ0n) is 10.1. The summed E-state index contributed by atoms with van der Waals surface area (Å²) < 4.78 is 5.80. The van der Waals surface area contributed by atoms with Gasteiger partial charge in [-0.05, 0) is 48.6 Å². The van der Waals surface area contributed by atoms with Gasteiger partial charge in [0, 0.05) is 0 Å². The van der Waals surface area contributed by atoms with Crippen molar-refractivity contribution in [3.8, 4) is 11.5 Å². The van der Waals surface area contributed by atoms with Gasteiger partial charge >= 0.3 is 0 Å². The van der Waals surface area contributed by atoms with Crippen LogP contribution in [-0.4, -0.2) is 11.2 Å². The molecule has 1 N–H and O–H groups in total. The number of para-hydroxylation sites is 1. The molecule has 0 unspecified atom stereocenters. The van der Waals surface area contributed by atoms with Crippen LogP contribution in [0.3, 0.4) is 0 Å². The minimum absolute atomic E-state index is 0.117. The highest BCUT2D eigenvalue weighted by molar-refractivity contribution is 5.36. The molecule has 2 nitrogen and oxygen atoms in total. The summed E-state index contributed by atoms with van der Waals surface area (Å²) in [6, 6.07) is 17.9. The highest BCUT2D eigenvalue weighted by Crippen LogP contribution is 2.38. The van der Waals surface area contributed by atoms with Crippen LogP contribution < -0.4 is 4.74 Å². The number of benzene rings is 2. The molecular weight excluding hydrogens is 224 g/mol. The van der Waals surface area contributed by atoms with Gasteiger partial charge in [0.1, 0.15) is 11.5 Å². The Morgan fingerprint density at radius 2 is 1.61 bits per heavy atom. The molecular formula is C16H16O2. The Morgan fingerprint density at radius 3 is 2.33 bits per heavy atom. The van der Waals surface area contributed by atoms with Crippen molar-refractivity contribution in [2.45, 2.75) is 24.9 Å². The van der Waals surface area contributed by atoms with Crippen molar-refractivity contribution in [1.82, 2.24) is 0 Å². The van der Waals surface area contributed by atoms with E-state index in [0.29, 0.717) is 5.92 Å². The van der Waals surface area contributed by atoms with E-state index in [1.54, 1.807) is 0 Å². The second-order valence-corrected chi connectivity index (χ2v) is 4.81. The van der Waals surface area contributed by atoms with Crippen LogP contribution in [0.1, 0.15) is 24.3 Å². The van der Waals surface area contributed by atoms with Crippen LogP contribution in [0.5, 0.6) is 11.5 Å². The van der Waals surface area contributed by atoms with Gasteiger partial charge in [0.25, 0.3) is 0 Å². The first-order chi connectivity index (χ1) is 8.81. The molecule has 0 aliphatic heterocycles. The smallest absolute Gasteiger partial charge is 0.127 e. The van der Waals surface area contributed by atoms with Gasteiger partial charge in [-0.1, -0.05) is 30.3 Å². The Balaban J connectivity index is 1.75. The summed E-state index contributed by atoms with van der Waals surface area (Å²) >= 11 is 0. The number of hydrogen-bond acceptors (Lipinski definition) is 2. The molecule has 0 atom stereocenters. The summed E-state index contributed by atoms with van der Waals surface area (Å²) in [5.74, 6) is 2.20. The van der Waals surface area contributed by atoms with E-state index < -0.39 is 0 Å². The van der Waals surface area contributed by atoms with Crippen LogP contribution in [-0.2, 0) is 0 Å². The lowest BCUT2D eigenvalue weighted by Crippen LogP contribution is -2.26. The van der Waals surface area contributed by atoms with Crippen molar-refractivity contribution in [1.29, 1.82) is 0 Å². The molecule has 0 radical (unpaired) electrons. The number of rotatable bonds is 3. The van der Waals surface area contributed by atoms with E-state index in [4.69, 9.17) is 4.74 Å². The third-order valence-corrected chi connectivity index (χ3v) is 3.42. The Bertz CT molecular complexity index is 516. The van der Waals surface area contributed by atoms with Gasteiger partial charge in [-0.3, -0.25) is 0 Å². The molecule has 18 heavy (non-hydrogen) atoms. The molecule has 0 aromatic heterocycles. The molecule has 0 bridgehead atoms. The van der Waals surface area contributed by atoms with E-state index >= 15 is 0 Å². The highest BCUT2D eigenvalue weighted by Gasteiger charge is 2.28. The van der Waals surface area contributed by atoms with Crippen LogP contribution in [0, 0.1) is 0 Å². The monoisotopic (exact) mass is 240 g/mol. The summed E-state index contributed by atoms with van der Waals surface area (Å²) in [4.78, 5) is 0. The predicted octanol–water partition coefficient (Wildman–Crippen LogP) is 3.72. The lowest BCUT2D eigenvalue weighted by Gasteiger charge is -2.31. The maximum Gasteiger partial charge on any atom is 0.127 e. The molecule has 2 heteroatoms. The molecule has 0 amide bonds. The van der Waals surface area contributed by atoms with E-state index in [0.717, 1.165) is 24.3 Å². The Morgan fingerprint density at radius 1 is 0.889 bits per heavy atom. The highest BCUT2D eigenvalue weighted by atomic mass is 16.5. The minimum Gasteiger partial charge on any atom is -0.457 e. The topological polar surface area (TPSA) is 29.5 Å². The lowest BCUT2D eigenvalue weighted by atomic mass is 9.78. The quantitative estimate of drug-likeness (QED) is 0.886. The standard InChI is InChI=1S/C16H16O2/c17-14-9-13(10-14)12-5-4-8-16(11-12)18-15-6-2-1-3-7-15/h1-8,11,13-14,17H,9-10H2/t13-,14+. The molecule has 92 valence electrons. The Hall–Kier alpha value is -1.80. The first-order valence-electron chi connectivity index (χ1n) is 6.32. The van der Waals surface area contributed by atoms with E-state index in [9.17, 15) is 5.11 Å². The fourth-order valence-corrected chi connectivity index (χ4v) is 2.32. The minimum atomic E-state index is -0.117. The molecule has 0 heterocycles. The molecule has 1 aliphatic rings. The predicted molar refractivity (Wildman–Crippen MR) is 70.9 cm³/mol. The first kappa shape index (κ1) is 11.3. The van der Waals surface area contributed by atoms with Crippen LogP contribution in [0.15, 0.2) is 54.6 Å². The van der Waals surface area contributed by atoms with E-state index in [1.165, 1.54) is 5.56 Å². The molecule has 0 saturated heterocycles. The van der Waals surface area contributed by atoms with Gasteiger partial charge in [-0.15, -0.1) is 0 Å². The molecule has 3 rings (SSSR count). The SMILES string of the molecule is O[C@H]1C[C@@H](c2cccc(Oc3ccccc3)c2)C1. The van der Waals surface area contributed by atoms with Crippen LogP contribution in [0.25, 0.3) is 0 Å². The fraction of sp³-hybridized carbons (Fsp3) is 0.250. The first-order valence-corrected chi connectivity index (χ1v) is 6.32. The van der Waals surface area contributed by atoms with Gasteiger partial charge in [0.05, 0.1) is 6.10 Å². The van der Waals surface area contributed by atoms with Crippen LogP contribution in [0.4, 0.5) is 0 Å². The second-order valence-electron chi connectivity index (χ2n) is 4.81. The summed E-state index contributed by atoms with van der Waals surface area (Å²) in [5.41, 5.74) is 1.26. The zero-order chi connectivity index (χ0) is 12.4. The second kappa shape index (κ2) is 4.83. The molecule has 1 aliphatic carbocycles. The molecule has 1 saturated carbocycles. The summed E-state index contributed by atoms with van der Waals surface area (Å²) in [5, 5.41) is 9.35. The van der Waals surface area contributed by atoms with Gasteiger partial charge in [0.15, 0.2) is 0 Å². The average molecular weight is 240 g/mol. The maximum atomic E-state index is 9.35. The van der Waals surface area contributed by atoms with Crippen molar-refractivity contribution in [3.05, 3.63) is 60.2 Å². The van der Waals surface area contributed by atoms with Crippen molar-refractivity contribution in [2.75, 3.05) is 0 Å². The van der Waals surface area contributed by atoms with Gasteiger partial charge in [0.2, 0.25) is 0 Å². The summed E-state index contributed by atoms with van der Waals surface area (Å²) in [7, 11) is 0. The number of aliphatic hydroxyl groups is 1. The van der Waals surface area contributed by atoms with Gasteiger partial charge < -0.3 is 9.84 Å². The van der Waals surface area contributed by atoms with E-state index in [1.807, 2.05) is 42.5 Å². The number of aliphatic hydroxyl groups excluding tert-OH is 1. The van der Waals surface area contributed by atoms with Crippen molar-refractivity contribution >= 4 is 0 Å². The van der Waals surface area contributed by atoms with Crippen molar-refractivity contribution in [3.63, 3.8) is 0 Å². The maximum absolute atomic E-state index is 9.35. The average Bonchev–Trinajstić information content (AvgIpc) is 2.37. The number of hydrogen-bond donors (Lipinski definition) is 1. The third kappa shape index (κ3) is 2.39. The van der Waals surface area contributed by atoms with Crippen molar-refractivity contribution < 1.29 is 9.84 Å². The fourth-order valence-electron chi connectivity index (χ4n) is 2.32. The molecule has 2 aromatic carbocycles. The molecule has 0 spiro atoms. The summed E-state index contributed by atoms with van der Waals surface area (Å²) in [6.45, 7) is 0. The largest absolute Gasteiger partial charge is 0.457 e. The van der Waals surface area contributed by atoms with Crippen LogP contribution in [0.2, 0.25) is 0 Å². The van der Waals surface area contributed by atoms with Crippen LogP contribution >= 0.6 is 0 Å². The van der Waals surface area contributed by atoms with Crippen molar-refractivity contribution in [2.24, 2.45) is 0 Å². The van der Waals surface area contributed by atoms with Gasteiger partial charge in [-0.2, -0.15) is 0 Å². The Labute approximate surface area is 107 Å². The zero-order valence-corrected chi connectivity index (χ0v) is 10.1. The summed E-state index contributed by atoms with van der Waals surface area (Å²) in [6.07, 6.45) is 1.62. The number of ether oxygens (including phenoxy) is 1. The third-order valence-electron chi connectivity index (χ3n) is 3.42. The van der Waals surface area contributed by atoms with Gasteiger partial charge in [-0.25, -0.2) is 0 Å². The Kier molecular flexibility index (Phi) is 3.03. The normalized spacial score (nSPS) is 22.3. The molecule has 1 fully saturated rings. The van der Waals surface area contributed by atoms with E-state index in [-0.39, 0.29) is 6.10 Å². The van der Waals surface area contributed by atoms with E-state index in [2.05, 4.69) is 12.1 Å². The lowest BCUT2D eigenvalue weighted by molar-refractivity contribution is 0.0746.